The standard InChI is InChI=1S/C16H29N3/c1-14-5-3-4-9-18(14)10-6-16-7-11-19(12-8-16)15(2)13-17/h14-16H,3-12H2,1-2H3. The van der Waals surface area contributed by atoms with E-state index in [0.29, 0.717) is 0 Å². The molecule has 0 spiro atoms. The molecule has 0 aromatic carbocycles. The van der Waals surface area contributed by atoms with Crippen LogP contribution >= 0.6 is 0 Å². The number of likely N-dealkylation sites (tertiary alicyclic amines) is 2. The maximum absolute atomic E-state index is 8.96. The monoisotopic (exact) mass is 263 g/mol. The zero-order valence-electron chi connectivity index (χ0n) is 12.6. The summed E-state index contributed by atoms with van der Waals surface area (Å²) in [7, 11) is 0. The second-order valence-electron chi connectivity index (χ2n) is 6.45. The molecule has 2 unspecified atom stereocenters. The number of nitrogens with zero attached hydrogens (tertiary/aromatic N) is 3. The summed E-state index contributed by atoms with van der Waals surface area (Å²) in [4.78, 5) is 5.02. The fourth-order valence-electron chi connectivity index (χ4n) is 3.55. The first kappa shape index (κ1) is 14.8. The van der Waals surface area contributed by atoms with Gasteiger partial charge in [-0.1, -0.05) is 6.42 Å². The molecule has 3 heteroatoms. The Balaban J connectivity index is 1.67. The minimum Gasteiger partial charge on any atom is -0.301 e. The van der Waals surface area contributed by atoms with Gasteiger partial charge < -0.3 is 4.90 Å². The molecule has 2 fully saturated rings. The molecule has 2 heterocycles. The lowest BCUT2D eigenvalue weighted by atomic mass is 9.92. The molecule has 2 saturated heterocycles. The highest BCUT2D eigenvalue weighted by Crippen LogP contribution is 2.24. The normalized spacial score (nSPS) is 29.0. The lowest BCUT2D eigenvalue weighted by Crippen LogP contribution is -2.41. The van der Waals surface area contributed by atoms with E-state index in [4.69, 9.17) is 5.26 Å². The Morgan fingerprint density at radius 3 is 2.53 bits per heavy atom. The van der Waals surface area contributed by atoms with Gasteiger partial charge >= 0.3 is 0 Å². The quantitative estimate of drug-likeness (QED) is 0.781. The Labute approximate surface area is 118 Å². The van der Waals surface area contributed by atoms with Crippen molar-refractivity contribution in [2.45, 2.75) is 64.5 Å². The summed E-state index contributed by atoms with van der Waals surface area (Å²) in [6.45, 7) is 9.25. The fraction of sp³-hybridized carbons (Fsp3) is 0.938. The molecular formula is C16H29N3. The molecule has 108 valence electrons. The van der Waals surface area contributed by atoms with Gasteiger partial charge in [-0.3, -0.25) is 4.90 Å². The van der Waals surface area contributed by atoms with Crippen LogP contribution in [0.5, 0.6) is 0 Å². The van der Waals surface area contributed by atoms with Crippen molar-refractivity contribution in [2.75, 3.05) is 26.2 Å². The lowest BCUT2D eigenvalue weighted by molar-refractivity contribution is 0.123. The van der Waals surface area contributed by atoms with Gasteiger partial charge in [-0.2, -0.15) is 5.26 Å². The summed E-state index contributed by atoms with van der Waals surface area (Å²) in [6.07, 6.45) is 8.13. The molecule has 2 rings (SSSR count). The van der Waals surface area contributed by atoms with Crippen molar-refractivity contribution in [1.29, 1.82) is 5.26 Å². The lowest BCUT2D eigenvalue weighted by Gasteiger charge is -2.37. The number of nitriles is 1. The van der Waals surface area contributed by atoms with Crippen LogP contribution in [-0.4, -0.2) is 48.1 Å². The molecule has 0 saturated carbocycles. The van der Waals surface area contributed by atoms with Crippen molar-refractivity contribution in [3.8, 4) is 6.07 Å². The van der Waals surface area contributed by atoms with Crippen LogP contribution in [-0.2, 0) is 0 Å². The molecule has 0 radical (unpaired) electrons. The highest BCUT2D eigenvalue weighted by Gasteiger charge is 2.24. The van der Waals surface area contributed by atoms with E-state index in [1.165, 1.54) is 51.6 Å². The van der Waals surface area contributed by atoms with Gasteiger partial charge in [-0.15, -0.1) is 0 Å². The van der Waals surface area contributed by atoms with E-state index in [2.05, 4.69) is 22.8 Å². The Bertz CT molecular complexity index is 302. The minimum atomic E-state index is 0.100. The van der Waals surface area contributed by atoms with Crippen molar-refractivity contribution < 1.29 is 0 Å². The van der Waals surface area contributed by atoms with Crippen LogP contribution in [0.3, 0.4) is 0 Å². The summed E-state index contributed by atoms with van der Waals surface area (Å²) < 4.78 is 0. The fourth-order valence-corrected chi connectivity index (χ4v) is 3.55. The minimum absolute atomic E-state index is 0.100. The molecule has 2 aliphatic heterocycles. The van der Waals surface area contributed by atoms with Gasteiger partial charge in [0.1, 0.15) is 0 Å². The molecule has 3 nitrogen and oxygen atoms in total. The van der Waals surface area contributed by atoms with E-state index in [9.17, 15) is 0 Å². The van der Waals surface area contributed by atoms with E-state index in [1.54, 1.807) is 0 Å². The van der Waals surface area contributed by atoms with Crippen LogP contribution in [0.25, 0.3) is 0 Å². The molecule has 0 bridgehead atoms. The van der Waals surface area contributed by atoms with Crippen molar-refractivity contribution in [3.05, 3.63) is 0 Å². The largest absolute Gasteiger partial charge is 0.301 e. The average Bonchev–Trinajstić information content (AvgIpc) is 2.46. The van der Waals surface area contributed by atoms with E-state index in [1.807, 2.05) is 6.92 Å². The Morgan fingerprint density at radius 1 is 1.16 bits per heavy atom. The van der Waals surface area contributed by atoms with E-state index in [-0.39, 0.29) is 6.04 Å². The van der Waals surface area contributed by atoms with E-state index in [0.717, 1.165) is 25.0 Å². The average molecular weight is 263 g/mol. The highest BCUT2D eigenvalue weighted by molar-refractivity contribution is 4.90. The molecule has 0 amide bonds. The van der Waals surface area contributed by atoms with Crippen LogP contribution in [0.4, 0.5) is 0 Å². The predicted molar refractivity (Wildman–Crippen MR) is 78.9 cm³/mol. The summed E-state index contributed by atoms with van der Waals surface area (Å²) in [5, 5.41) is 8.96. The van der Waals surface area contributed by atoms with Gasteiger partial charge in [0.25, 0.3) is 0 Å². The molecule has 0 aliphatic carbocycles. The predicted octanol–water partition coefficient (Wildman–Crippen LogP) is 2.87. The number of hydrogen-bond donors (Lipinski definition) is 0. The first-order valence-corrected chi connectivity index (χ1v) is 8.08. The van der Waals surface area contributed by atoms with Gasteiger partial charge in [0.2, 0.25) is 0 Å². The first-order chi connectivity index (χ1) is 9.20. The third-order valence-corrected chi connectivity index (χ3v) is 5.15. The van der Waals surface area contributed by atoms with Crippen molar-refractivity contribution in [1.82, 2.24) is 9.80 Å². The van der Waals surface area contributed by atoms with Gasteiger partial charge in [0.05, 0.1) is 12.1 Å². The summed E-state index contributed by atoms with van der Waals surface area (Å²) in [5.74, 6) is 0.885. The topological polar surface area (TPSA) is 30.3 Å². The SMILES string of the molecule is CC(C#N)N1CCC(CCN2CCCCC2C)CC1. The highest BCUT2D eigenvalue weighted by atomic mass is 15.2. The van der Waals surface area contributed by atoms with Crippen molar-refractivity contribution in [2.24, 2.45) is 5.92 Å². The Kier molecular flexibility index (Phi) is 5.66. The molecule has 0 aromatic heterocycles. The second-order valence-corrected chi connectivity index (χ2v) is 6.45. The number of piperidine rings is 2. The van der Waals surface area contributed by atoms with Crippen LogP contribution in [0, 0.1) is 17.2 Å². The molecule has 0 aromatic rings. The molecule has 0 N–H and O–H groups in total. The third-order valence-electron chi connectivity index (χ3n) is 5.15. The summed E-state index contributed by atoms with van der Waals surface area (Å²) >= 11 is 0. The van der Waals surface area contributed by atoms with E-state index >= 15 is 0 Å². The van der Waals surface area contributed by atoms with Crippen LogP contribution in [0.2, 0.25) is 0 Å². The first-order valence-electron chi connectivity index (χ1n) is 8.08. The van der Waals surface area contributed by atoms with Gasteiger partial charge in [-0.25, -0.2) is 0 Å². The zero-order valence-corrected chi connectivity index (χ0v) is 12.6. The van der Waals surface area contributed by atoms with Crippen LogP contribution in [0.1, 0.15) is 52.4 Å². The maximum atomic E-state index is 8.96. The van der Waals surface area contributed by atoms with Crippen molar-refractivity contribution >= 4 is 0 Å². The van der Waals surface area contributed by atoms with E-state index < -0.39 is 0 Å². The molecule has 19 heavy (non-hydrogen) atoms. The third kappa shape index (κ3) is 4.19. The van der Waals surface area contributed by atoms with Gasteiger partial charge in [0, 0.05) is 6.04 Å². The van der Waals surface area contributed by atoms with Gasteiger partial charge in [0.15, 0.2) is 0 Å². The molecular weight excluding hydrogens is 234 g/mol. The van der Waals surface area contributed by atoms with Crippen molar-refractivity contribution in [3.63, 3.8) is 0 Å². The van der Waals surface area contributed by atoms with Crippen LogP contribution < -0.4 is 0 Å². The second kappa shape index (κ2) is 7.26. The van der Waals surface area contributed by atoms with Gasteiger partial charge in [-0.05, 0) is 78.0 Å². The summed E-state index contributed by atoms with van der Waals surface area (Å²) in [5.41, 5.74) is 0. The zero-order chi connectivity index (χ0) is 13.7. The van der Waals surface area contributed by atoms with Crippen LogP contribution in [0.15, 0.2) is 0 Å². The Hall–Kier alpha value is -0.590. The smallest absolute Gasteiger partial charge is 0.0949 e. The maximum Gasteiger partial charge on any atom is 0.0949 e. The molecule has 2 aliphatic rings. The molecule has 2 atom stereocenters. The number of hydrogen-bond acceptors (Lipinski definition) is 3. The Morgan fingerprint density at radius 2 is 1.89 bits per heavy atom. The number of rotatable bonds is 4. The summed E-state index contributed by atoms with van der Waals surface area (Å²) in [6, 6.07) is 3.26.